The maximum absolute atomic E-state index is 14.8. The van der Waals surface area contributed by atoms with Crippen molar-refractivity contribution in [2.24, 2.45) is 22.6 Å². The Hall–Kier alpha value is -3.37. The largest absolute Gasteiger partial charge is 0.402 e. The SMILES string of the molecule is CN1CC2CN(Cc3ccc(NC/N=C(\C(F)=C/N)c4cc(F)c5nc6n(c5c4)CCC6)nc3)CC2C1. The molecule has 3 N–H and O–H groups in total. The lowest BCUT2D eigenvalue weighted by molar-refractivity contribution is 0.272. The second-order valence-corrected chi connectivity index (χ2v) is 10.5. The summed E-state index contributed by atoms with van der Waals surface area (Å²) in [4.78, 5) is 18.2. The minimum Gasteiger partial charge on any atom is -0.402 e. The maximum atomic E-state index is 14.8. The van der Waals surface area contributed by atoms with Crippen molar-refractivity contribution >= 4 is 22.6 Å². The number of likely N-dealkylation sites (tertiary alicyclic amines) is 2. The number of anilines is 1. The Kier molecular flexibility index (Phi) is 6.37. The van der Waals surface area contributed by atoms with E-state index in [0.717, 1.165) is 68.4 Å². The fraction of sp³-hybridized carbons (Fsp3) is 0.444. The minimum absolute atomic E-state index is 0.00815. The van der Waals surface area contributed by atoms with Gasteiger partial charge in [-0.2, -0.15) is 0 Å². The highest BCUT2D eigenvalue weighted by Gasteiger charge is 2.38. The Balaban J connectivity index is 1.13. The van der Waals surface area contributed by atoms with Gasteiger partial charge in [0.1, 0.15) is 29.5 Å². The van der Waals surface area contributed by atoms with E-state index in [9.17, 15) is 8.78 Å². The lowest BCUT2D eigenvalue weighted by Gasteiger charge is -2.19. The minimum atomic E-state index is -0.716. The summed E-state index contributed by atoms with van der Waals surface area (Å²) in [5.74, 6) is 1.84. The fourth-order valence-electron chi connectivity index (χ4n) is 6.12. The number of aryl methyl sites for hydroxylation is 2. The van der Waals surface area contributed by atoms with Gasteiger partial charge >= 0.3 is 0 Å². The average molecular weight is 507 g/mol. The summed E-state index contributed by atoms with van der Waals surface area (Å²) in [7, 11) is 2.20. The number of fused-ring (bicyclic) bond motifs is 4. The van der Waals surface area contributed by atoms with Gasteiger partial charge in [-0.25, -0.2) is 18.7 Å². The molecule has 0 aliphatic carbocycles. The molecular weight excluding hydrogens is 474 g/mol. The van der Waals surface area contributed by atoms with E-state index in [4.69, 9.17) is 5.73 Å². The number of hydrogen-bond donors (Lipinski definition) is 2. The molecule has 2 saturated heterocycles. The van der Waals surface area contributed by atoms with Crippen LogP contribution < -0.4 is 11.1 Å². The molecular formula is C27H32F2N8. The number of hydrogen-bond acceptors (Lipinski definition) is 7. The molecule has 3 aliphatic heterocycles. The smallest absolute Gasteiger partial charge is 0.164 e. The Morgan fingerprint density at radius 1 is 1.22 bits per heavy atom. The zero-order chi connectivity index (χ0) is 25.5. The maximum Gasteiger partial charge on any atom is 0.164 e. The summed E-state index contributed by atoms with van der Waals surface area (Å²) in [5, 5.41) is 3.11. The van der Waals surface area contributed by atoms with Crippen LogP contribution in [0.4, 0.5) is 14.6 Å². The highest BCUT2D eigenvalue weighted by molar-refractivity contribution is 6.12. The molecule has 0 amide bonds. The Morgan fingerprint density at radius 3 is 2.76 bits per heavy atom. The highest BCUT2D eigenvalue weighted by Crippen LogP contribution is 2.31. The van der Waals surface area contributed by atoms with Crippen molar-refractivity contribution in [2.45, 2.75) is 25.9 Å². The van der Waals surface area contributed by atoms with Crippen molar-refractivity contribution in [1.29, 1.82) is 0 Å². The number of imidazole rings is 1. The van der Waals surface area contributed by atoms with Crippen molar-refractivity contribution < 1.29 is 8.78 Å². The molecule has 0 bridgehead atoms. The zero-order valence-corrected chi connectivity index (χ0v) is 21.0. The molecule has 5 heterocycles. The van der Waals surface area contributed by atoms with Crippen LogP contribution in [0.3, 0.4) is 0 Å². The normalized spacial score (nSPS) is 22.7. The van der Waals surface area contributed by atoms with E-state index in [2.05, 4.69) is 43.2 Å². The van der Waals surface area contributed by atoms with Gasteiger partial charge in [-0.15, -0.1) is 0 Å². The number of aromatic nitrogens is 3. The molecule has 2 atom stereocenters. The molecule has 10 heteroatoms. The van der Waals surface area contributed by atoms with Gasteiger partial charge in [0.05, 0.1) is 5.52 Å². The summed E-state index contributed by atoms with van der Waals surface area (Å²) in [6.45, 7) is 6.39. The van der Waals surface area contributed by atoms with Gasteiger partial charge in [-0.1, -0.05) is 6.07 Å². The van der Waals surface area contributed by atoms with Gasteiger partial charge in [-0.3, -0.25) is 9.89 Å². The van der Waals surface area contributed by atoms with E-state index >= 15 is 0 Å². The van der Waals surface area contributed by atoms with Crippen LogP contribution in [0.5, 0.6) is 0 Å². The van der Waals surface area contributed by atoms with Gasteiger partial charge in [0.25, 0.3) is 0 Å². The summed E-state index contributed by atoms with van der Waals surface area (Å²) in [6.07, 6.45) is 4.50. The number of nitrogens with one attached hydrogen (secondary N) is 1. The number of nitrogens with two attached hydrogens (primary N) is 1. The molecule has 194 valence electrons. The van der Waals surface area contributed by atoms with Crippen molar-refractivity contribution in [3.8, 4) is 0 Å². The molecule has 37 heavy (non-hydrogen) atoms. The van der Waals surface area contributed by atoms with E-state index < -0.39 is 11.6 Å². The Morgan fingerprint density at radius 2 is 2.03 bits per heavy atom. The van der Waals surface area contributed by atoms with Crippen molar-refractivity contribution in [3.05, 3.63) is 65.3 Å². The molecule has 3 aliphatic rings. The monoisotopic (exact) mass is 506 g/mol. The van der Waals surface area contributed by atoms with E-state index in [1.165, 1.54) is 19.2 Å². The van der Waals surface area contributed by atoms with Crippen LogP contribution in [0, 0.1) is 17.7 Å². The predicted octanol–water partition coefficient (Wildman–Crippen LogP) is 3.14. The van der Waals surface area contributed by atoms with Gasteiger partial charge in [-0.05, 0) is 49.1 Å². The predicted molar refractivity (Wildman–Crippen MR) is 140 cm³/mol. The first-order valence-corrected chi connectivity index (χ1v) is 12.9. The number of pyridine rings is 1. The molecule has 6 rings (SSSR count). The number of allylic oxidation sites excluding steroid dienone is 1. The number of nitrogens with zero attached hydrogens (tertiary/aromatic N) is 6. The zero-order valence-electron chi connectivity index (χ0n) is 21.0. The van der Waals surface area contributed by atoms with Crippen LogP contribution >= 0.6 is 0 Å². The fourth-order valence-corrected chi connectivity index (χ4v) is 6.12. The third kappa shape index (κ3) is 4.71. The van der Waals surface area contributed by atoms with Crippen LogP contribution in [0.15, 0.2) is 47.5 Å². The molecule has 3 aromatic rings. The first-order chi connectivity index (χ1) is 18.0. The van der Waals surface area contributed by atoms with E-state index in [1.807, 2.05) is 16.8 Å². The van der Waals surface area contributed by atoms with Crippen molar-refractivity contribution in [1.82, 2.24) is 24.3 Å². The molecule has 0 radical (unpaired) electrons. The number of rotatable bonds is 7. The first-order valence-electron chi connectivity index (χ1n) is 12.9. The van der Waals surface area contributed by atoms with Crippen LogP contribution in [-0.4, -0.2) is 69.9 Å². The number of halogens is 2. The van der Waals surface area contributed by atoms with E-state index in [1.54, 1.807) is 6.07 Å². The Bertz CT molecular complexity index is 1350. The topological polar surface area (TPSA) is 87.6 Å². The second-order valence-electron chi connectivity index (χ2n) is 10.5. The molecule has 2 unspecified atom stereocenters. The molecule has 2 aromatic heterocycles. The highest BCUT2D eigenvalue weighted by atomic mass is 19.1. The van der Waals surface area contributed by atoms with Crippen LogP contribution in [-0.2, 0) is 19.5 Å². The summed E-state index contributed by atoms with van der Waals surface area (Å²) in [6, 6.07) is 6.97. The quantitative estimate of drug-likeness (QED) is 0.479. The van der Waals surface area contributed by atoms with E-state index in [-0.39, 0.29) is 12.4 Å². The summed E-state index contributed by atoms with van der Waals surface area (Å²) < 4.78 is 31.5. The lowest BCUT2D eigenvalue weighted by Crippen LogP contribution is -2.26. The molecule has 8 nitrogen and oxygen atoms in total. The van der Waals surface area contributed by atoms with Crippen LogP contribution in [0.1, 0.15) is 23.4 Å². The molecule has 2 fully saturated rings. The van der Waals surface area contributed by atoms with Crippen molar-refractivity contribution in [2.75, 3.05) is 45.2 Å². The molecule has 0 spiro atoms. The van der Waals surface area contributed by atoms with Gasteiger partial charge in [0.2, 0.25) is 0 Å². The van der Waals surface area contributed by atoms with Gasteiger partial charge < -0.3 is 20.5 Å². The third-order valence-corrected chi connectivity index (χ3v) is 7.79. The third-order valence-electron chi connectivity index (χ3n) is 7.79. The Labute approximate surface area is 214 Å². The van der Waals surface area contributed by atoms with Gasteiger partial charge in [0.15, 0.2) is 11.6 Å². The summed E-state index contributed by atoms with van der Waals surface area (Å²) >= 11 is 0. The average Bonchev–Trinajstić information content (AvgIpc) is 3.64. The number of benzene rings is 1. The molecule has 1 aromatic carbocycles. The summed E-state index contributed by atoms with van der Waals surface area (Å²) in [5.41, 5.74) is 7.91. The van der Waals surface area contributed by atoms with Crippen molar-refractivity contribution in [3.63, 3.8) is 0 Å². The van der Waals surface area contributed by atoms with Gasteiger partial charge in [0, 0.05) is 63.6 Å². The van der Waals surface area contributed by atoms with E-state index in [0.29, 0.717) is 22.4 Å². The van der Waals surface area contributed by atoms with Crippen LogP contribution in [0.25, 0.3) is 11.0 Å². The second kappa shape index (κ2) is 9.83. The number of aliphatic imine (C=N–C) groups is 1. The lowest BCUT2D eigenvalue weighted by atomic mass is 10.0. The first kappa shape index (κ1) is 24.0. The standard InChI is InChI=1S/C27H32F2N8/c1-35-12-19-14-36(15-20(19)13-35)11-17-4-5-24(31-10-17)32-16-33-26(22(29)9-30)18-7-21(28)27-23(8-18)37-6-2-3-25(37)34-27/h4-5,7-10,19-20H,2-3,6,11-16,30H2,1H3,(H,31,32)/b22-9+,33-26-. The van der Waals surface area contributed by atoms with Crippen LogP contribution in [0.2, 0.25) is 0 Å². The molecule has 0 saturated carbocycles.